The van der Waals surface area contributed by atoms with Crippen molar-refractivity contribution < 1.29 is 9.53 Å². The maximum absolute atomic E-state index is 11.5. The second-order valence-electron chi connectivity index (χ2n) is 4.30. The third-order valence-electron chi connectivity index (χ3n) is 2.67. The van der Waals surface area contributed by atoms with Gasteiger partial charge >= 0.3 is 5.97 Å². The minimum atomic E-state index is -0.356. The maximum Gasteiger partial charge on any atom is 0.310 e. The van der Waals surface area contributed by atoms with E-state index in [1.54, 1.807) is 6.92 Å². The number of nitriles is 1. The van der Waals surface area contributed by atoms with Crippen molar-refractivity contribution in [2.24, 2.45) is 5.92 Å². The van der Waals surface area contributed by atoms with E-state index in [-0.39, 0.29) is 24.9 Å². The van der Waals surface area contributed by atoms with Crippen LogP contribution in [-0.4, -0.2) is 5.97 Å². The Kier molecular flexibility index (Phi) is 4.71. The van der Waals surface area contributed by atoms with Crippen LogP contribution in [0.1, 0.15) is 30.0 Å². The number of benzene rings is 1. The highest BCUT2D eigenvalue weighted by Gasteiger charge is 2.14. The highest BCUT2D eigenvalue weighted by Crippen LogP contribution is 2.13. The van der Waals surface area contributed by atoms with Gasteiger partial charge < -0.3 is 4.74 Å². The van der Waals surface area contributed by atoms with E-state index < -0.39 is 0 Å². The summed E-state index contributed by atoms with van der Waals surface area (Å²) in [6.07, 6.45) is 0.200. The highest BCUT2D eigenvalue weighted by molar-refractivity contribution is 5.72. The monoisotopic (exact) mass is 231 g/mol. The molecule has 1 rings (SSSR count). The van der Waals surface area contributed by atoms with Gasteiger partial charge in [0, 0.05) is 6.42 Å². The Balaban J connectivity index is 2.59. The lowest BCUT2D eigenvalue weighted by molar-refractivity contribution is -0.149. The normalized spacial score (nSPS) is 11.6. The third kappa shape index (κ3) is 3.92. The zero-order valence-electron chi connectivity index (χ0n) is 10.5. The summed E-state index contributed by atoms with van der Waals surface area (Å²) in [6, 6.07) is 8.02. The molecule has 1 atom stereocenters. The first-order valence-corrected chi connectivity index (χ1v) is 5.64. The largest absolute Gasteiger partial charge is 0.461 e. The number of rotatable bonds is 4. The van der Waals surface area contributed by atoms with Gasteiger partial charge in [-0.2, -0.15) is 5.26 Å². The van der Waals surface area contributed by atoms with Gasteiger partial charge in [-0.1, -0.05) is 30.7 Å². The molecule has 0 N–H and O–H groups in total. The van der Waals surface area contributed by atoms with Gasteiger partial charge in [0.2, 0.25) is 0 Å². The van der Waals surface area contributed by atoms with Gasteiger partial charge in [-0.3, -0.25) is 4.79 Å². The van der Waals surface area contributed by atoms with E-state index in [9.17, 15) is 4.79 Å². The third-order valence-corrected chi connectivity index (χ3v) is 2.67. The minimum absolute atomic E-state index is 0.200. The summed E-state index contributed by atoms with van der Waals surface area (Å²) in [5, 5.41) is 8.49. The molecule has 0 radical (unpaired) electrons. The molecule has 0 saturated heterocycles. The predicted molar refractivity (Wildman–Crippen MR) is 65.1 cm³/mol. The first kappa shape index (κ1) is 13.2. The molecule has 3 nitrogen and oxygen atoms in total. The van der Waals surface area contributed by atoms with Crippen LogP contribution in [0.25, 0.3) is 0 Å². The topological polar surface area (TPSA) is 50.1 Å². The van der Waals surface area contributed by atoms with Gasteiger partial charge in [-0.05, 0) is 25.0 Å². The van der Waals surface area contributed by atoms with Crippen LogP contribution < -0.4 is 0 Å². The van der Waals surface area contributed by atoms with E-state index in [0.29, 0.717) is 0 Å². The van der Waals surface area contributed by atoms with Crippen LogP contribution in [0.4, 0.5) is 0 Å². The lowest BCUT2D eigenvalue weighted by Gasteiger charge is -2.10. The average Bonchev–Trinajstić information content (AvgIpc) is 2.30. The van der Waals surface area contributed by atoms with Crippen LogP contribution in [0.3, 0.4) is 0 Å². The highest BCUT2D eigenvalue weighted by atomic mass is 16.5. The molecule has 0 fully saturated rings. The molecule has 1 unspecified atom stereocenters. The summed E-state index contributed by atoms with van der Waals surface area (Å²) in [5.74, 6) is -0.669. The molecule has 0 aromatic heterocycles. The molecule has 1 aromatic rings. The fourth-order valence-corrected chi connectivity index (χ4v) is 1.47. The van der Waals surface area contributed by atoms with Crippen LogP contribution in [0, 0.1) is 31.1 Å². The van der Waals surface area contributed by atoms with E-state index in [4.69, 9.17) is 10.00 Å². The molecule has 0 aliphatic carbocycles. The van der Waals surface area contributed by atoms with Crippen molar-refractivity contribution >= 4 is 5.97 Å². The summed E-state index contributed by atoms with van der Waals surface area (Å²) >= 11 is 0. The molecule has 90 valence electrons. The van der Waals surface area contributed by atoms with E-state index >= 15 is 0 Å². The first-order valence-electron chi connectivity index (χ1n) is 5.64. The second kappa shape index (κ2) is 6.05. The molecule has 0 bridgehead atoms. The van der Waals surface area contributed by atoms with Crippen molar-refractivity contribution in [2.45, 2.75) is 33.8 Å². The molecular formula is C14H17NO2. The lowest BCUT2D eigenvalue weighted by Crippen LogP contribution is -2.14. The first-order chi connectivity index (χ1) is 8.04. The van der Waals surface area contributed by atoms with Crippen molar-refractivity contribution in [3.8, 4) is 6.07 Å². The van der Waals surface area contributed by atoms with Gasteiger partial charge in [0.1, 0.15) is 6.61 Å². The molecular weight excluding hydrogens is 214 g/mol. The Morgan fingerprint density at radius 2 is 2.18 bits per heavy atom. The molecule has 17 heavy (non-hydrogen) atoms. The smallest absolute Gasteiger partial charge is 0.310 e. The van der Waals surface area contributed by atoms with Crippen molar-refractivity contribution in [1.29, 1.82) is 5.26 Å². The fraction of sp³-hybridized carbons (Fsp3) is 0.429. The zero-order chi connectivity index (χ0) is 12.8. The van der Waals surface area contributed by atoms with Gasteiger partial charge in [0.05, 0.1) is 12.0 Å². The number of hydrogen-bond acceptors (Lipinski definition) is 3. The SMILES string of the molecule is Cc1ccc(C)c(COC(=O)C(C)CC#N)c1. The van der Waals surface area contributed by atoms with Crippen LogP contribution in [-0.2, 0) is 16.1 Å². The van der Waals surface area contributed by atoms with Gasteiger partial charge in [0.15, 0.2) is 0 Å². The summed E-state index contributed by atoms with van der Waals surface area (Å²) in [4.78, 5) is 11.5. The van der Waals surface area contributed by atoms with Crippen molar-refractivity contribution in [3.05, 3.63) is 34.9 Å². The van der Waals surface area contributed by atoms with Gasteiger partial charge in [0.25, 0.3) is 0 Å². The summed E-state index contributed by atoms with van der Waals surface area (Å²) in [7, 11) is 0. The number of hydrogen-bond donors (Lipinski definition) is 0. The Hall–Kier alpha value is -1.82. The number of esters is 1. The summed E-state index contributed by atoms with van der Waals surface area (Å²) in [5.41, 5.74) is 3.27. The summed E-state index contributed by atoms with van der Waals surface area (Å²) < 4.78 is 5.19. The molecule has 0 aliphatic rings. The van der Waals surface area contributed by atoms with Crippen molar-refractivity contribution in [1.82, 2.24) is 0 Å². The number of aryl methyl sites for hydroxylation is 2. The number of ether oxygens (including phenoxy) is 1. The second-order valence-corrected chi connectivity index (χ2v) is 4.30. The van der Waals surface area contributed by atoms with Crippen LogP contribution in [0.5, 0.6) is 0 Å². The zero-order valence-corrected chi connectivity index (χ0v) is 10.5. The molecule has 0 heterocycles. The van der Waals surface area contributed by atoms with Crippen molar-refractivity contribution in [2.75, 3.05) is 0 Å². The number of nitrogens with zero attached hydrogens (tertiary/aromatic N) is 1. The number of carbonyl (C=O) groups excluding carboxylic acids is 1. The van der Waals surface area contributed by atoms with E-state index in [0.717, 1.165) is 16.7 Å². The predicted octanol–water partition coefficient (Wildman–Crippen LogP) is 2.90. The van der Waals surface area contributed by atoms with Gasteiger partial charge in [-0.25, -0.2) is 0 Å². The Bertz CT molecular complexity index is 446. The fourth-order valence-electron chi connectivity index (χ4n) is 1.47. The Morgan fingerprint density at radius 1 is 1.47 bits per heavy atom. The quantitative estimate of drug-likeness (QED) is 0.749. The average molecular weight is 231 g/mol. The van der Waals surface area contributed by atoms with Crippen molar-refractivity contribution in [3.63, 3.8) is 0 Å². The maximum atomic E-state index is 11.5. The lowest BCUT2D eigenvalue weighted by atomic mass is 10.1. The van der Waals surface area contributed by atoms with E-state index in [1.165, 1.54) is 0 Å². The van der Waals surface area contributed by atoms with Gasteiger partial charge in [-0.15, -0.1) is 0 Å². The van der Waals surface area contributed by atoms with Crippen LogP contribution in [0.2, 0.25) is 0 Å². The molecule has 0 saturated carbocycles. The molecule has 0 amide bonds. The Morgan fingerprint density at radius 3 is 2.82 bits per heavy atom. The summed E-state index contributed by atoms with van der Waals surface area (Å²) in [6.45, 7) is 5.97. The molecule has 1 aromatic carbocycles. The van der Waals surface area contributed by atoms with Crippen LogP contribution in [0.15, 0.2) is 18.2 Å². The van der Waals surface area contributed by atoms with E-state index in [1.807, 2.05) is 38.1 Å². The molecule has 0 spiro atoms. The Labute approximate surface area is 102 Å². The van der Waals surface area contributed by atoms with E-state index in [2.05, 4.69) is 0 Å². The molecule has 0 aliphatic heterocycles. The standard InChI is InChI=1S/C14H17NO2/c1-10-4-5-11(2)13(8-10)9-17-14(16)12(3)6-7-15/h4-5,8,12H,6,9H2,1-3H3. The minimum Gasteiger partial charge on any atom is -0.461 e. The number of carbonyl (C=O) groups is 1. The molecule has 3 heteroatoms. The van der Waals surface area contributed by atoms with Crippen LogP contribution >= 0.6 is 0 Å².